The van der Waals surface area contributed by atoms with Gasteiger partial charge in [-0.25, -0.2) is 0 Å². The van der Waals surface area contributed by atoms with Gasteiger partial charge in [0.05, 0.1) is 11.0 Å². The number of rotatable bonds is 5. The van der Waals surface area contributed by atoms with Gasteiger partial charge in [-0.3, -0.25) is 10.1 Å². The predicted octanol–water partition coefficient (Wildman–Crippen LogP) is 2.05. The number of benzene rings is 1. The van der Waals surface area contributed by atoms with Crippen LogP contribution in [0.5, 0.6) is 0 Å². The summed E-state index contributed by atoms with van der Waals surface area (Å²) in [5.41, 5.74) is 0.215. The molecule has 0 aliphatic rings. The minimum absolute atomic E-state index is 0.0211. The Bertz CT molecular complexity index is 383. The van der Waals surface area contributed by atoms with Crippen LogP contribution >= 0.6 is 11.6 Å². The highest BCUT2D eigenvalue weighted by molar-refractivity contribution is 6.32. The van der Waals surface area contributed by atoms with Crippen LogP contribution in [-0.2, 0) is 0 Å². The van der Waals surface area contributed by atoms with Gasteiger partial charge < -0.3 is 10.2 Å². The maximum atomic E-state index is 10.6. The lowest BCUT2D eigenvalue weighted by Gasteiger charge is -2.09. The van der Waals surface area contributed by atoms with Crippen LogP contribution in [-0.4, -0.2) is 21.7 Å². The van der Waals surface area contributed by atoms with Crippen molar-refractivity contribution in [3.8, 4) is 0 Å². The fourth-order valence-corrected chi connectivity index (χ4v) is 1.51. The summed E-state index contributed by atoms with van der Waals surface area (Å²) in [7, 11) is 0. The molecule has 0 amide bonds. The first-order valence-electron chi connectivity index (χ1n) is 4.79. The van der Waals surface area contributed by atoms with Crippen molar-refractivity contribution in [3.63, 3.8) is 0 Å². The van der Waals surface area contributed by atoms with E-state index in [0.29, 0.717) is 18.4 Å². The number of nitrogens with zero attached hydrogens (tertiary/aromatic N) is 1. The number of nitro groups is 1. The topological polar surface area (TPSA) is 83.6 Å². The summed E-state index contributed by atoms with van der Waals surface area (Å²) in [5, 5.41) is 28.9. The van der Waals surface area contributed by atoms with Crippen molar-refractivity contribution < 1.29 is 15.1 Å². The van der Waals surface area contributed by atoms with E-state index in [9.17, 15) is 15.2 Å². The first kappa shape index (κ1) is 12.9. The van der Waals surface area contributed by atoms with Gasteiger partial charge in [-0.2, -0.15) is 0 Å². The lowest BCUT2D eigenvalue weighted by Crippen LogP contribution is -2.00. The summed E-state index contributed by atoms with van der Waals surface area (Å²) in [6.45, 7) is -0.0211. The molecule has 1 rings (SSSR count). The largest absolute Gasteiger partial charge is 0.396 e. The van der Waals surface area contributed by atoms with Crippen molar-refractivity contribution in [2.75, 3.05) is 6.61 Å². The van der Waals surface area contributed by atoms with E-state index in [1.54, 1.807) is 0 Å². The molecule has 0 spiro atoms. The van der Waals surface area contributed by atoms with Gasteiger partial charge in [-0.15, -0.1) is 0 Å². The Hall–Kier alpha value is -1.17. The molecule has 0 heterocycles. The molecule has 0 radical (unpaired) electrons. The van der Waals surface area contributed by atoms with E-state index in [1.165, 1.54) is 18.2 Å². The summed E-state index contributed by atoms with van der Waals surface area (Å²) in [6.07, 6.45) is -0.0181. The summed E-state index contributed by atoms with van der Waals surface area (Å²) < 4.78 is 0. The Morgan fingerprint density at radius 3 is 2.75 bits per heavy atom. The quantitative estimate of drug-likeness (QED) is 0.614. The second kappa shape index (κ2) is 5.79. The maximum Gasteiger partial charge on any atom is 0.288 e. The fraction of sp³-hybridized carbons (Fsp3) is 0.400. The second-order valence-corrected chi connectivity index (χ2v) is 3.76. The average Bonchev–Trinajstić information content (AvgIpc) is 2.26. The van der Waals surface area contributed by atoms with Crippen LogP contribution in [0.4, 0.5) is 5.69 Å². The Balaban J connectivity index is 2.89. The molecule has 2 N–H and O–H groups in total. The molecule has 0 aliphatic carbocycles. The van der Waals surface area contributed by atoms with Gasteiger partial charge in [-0.05, 0) is 24.5 Å². The monoisotopic (exact) mass is 245 g/mol. The average molecular weight is 246 g/mol. The van der Waals surface area contributed by atoms with Crippen molar-refractivity contribution >= 4 is 17.3 Å². The van der Waals surface area contributed by atoms with Crippen molar-refractivity contribution in [2.24, 2.45) is 0 Å². The SMILES string of the molecule is O=[N+]([O-])c1cc(C(O)CCCO)ccc1Cl. The van der Waals surface area contributed by atoms with Crippen molar-refractivity contribution in [2.45, 2.75) is 18.9 Å². The third-order valence-electron chi connectivity index (χ3n) is 2.19. The smallest absolute Gasteiger partial charge is 0.288 e. The second-order valence-electron chi connectivity index (χ2n) is 3.35. The molecule has 88 valence electrons. The highest BCUT2D eigenvalue weighted by Crippen LogP contribution is 2.29. The van der Waals surface area contributed by atoms with Crippen molar-refractivity contribution in [1.82, 2.24) is 0 Å². The third-order valence-corrected chi connectivity index (χ3v) is 2.51. The van der Waals surface area contributed by atoms with Gasteiger partial charge >= 0.3 is 0 Å². The van der Waals surface area contributed by atoms with Gasteiger partial charge in [0.15, 0.2) is 0 Å². The first-order chi connectivity index (χ1) is 7.56. The number of aliphatic hydroxyl groups is 2. The van der Waals surface area contributed by atoms with E-state index in [2.05, 4.69) is 0 Å². The fourth-order valence-electron chi connectivity index (χ4n) is 1.33. The van der Waals surface area contributed by atoms with Gasteiger partial charge in [0.1, 0.15) is 5.02 Å². The molecule has 0 fully saturated rings. The lowest BCUT2D eigenvalue weighted by molar-refractivity contribution is -0.384. The highest BCUT2D eigenvalue weighted by Gasteiger charge is 2.16. The number of halogens is 1. The van der Waals surface area contributed by atoms with Gasteiger partial charge in [0, 0.05) is 12.7 Å². The molecule has 0 saturated heterocycles. The van der Waals surface area contributed by atoms with Gasteiger partial charge in [-0.1, -0.05) is 17.7 Å². The molecule has 1 aromatic rings. The molecule has 1 atom stereocenters. The van der Waals surface area contributed by atoms with Gasteiger partial charge in [0.2, 0.25) is 0 Å². The predicted molar refractivity (Wildman–Crippen MR) is 59.4 cm³/mol. The van der Waals surface area contributed by atoms with E-state index in [4.69, 9.17) is 16.7 Å². The molecule has 0 saturated carbocycles. The first-order valence-corrected chi connectivity index (χ1v) is 5.17. The van der Waals surface area contributed by atoms with E-state index < -0.39 is 11.0 Å². The Morgan fingerprint density at radius 2 is 2.19 bits per heavy atom. The van der Waals surface area contributed by atoms with Crippen LogP contribution in [0.15, 0.2) is 18.2 Å². The molecule has 6 heteroatoms. The van der Waals surface area contributed by atoms with E-state index >= 15 is 0 Å². The Labute approximate surface area is 97.4 Å². The van der Waals surface area contributed by atoms with Crippen LogP contribution < -0.4 is 0 Å². The number of hydrogen-bond donors (Lipinski definition) is 2. The number of nitro benzene ring substituents is 1. The number of aliphatic hydroxyl groups excluding tert-OH is 2. The summed E-state index contributed by atoms with van der Waals surface area (Å²) >= 11 is 5.64. The zero-order valence-electron chi connectivity index (χ0n) is 8.47. The zero-order chi connectivity index (χ0) is 12.1. The molecule has 1 aromatic carbocycles. The van der Waals surface area contributed by atoms with Crippen LogP contribution in [0.2, 0.25) is 5.02 Å². The van der Waals surface area contributed by atoms with Crippen LogP contribution in [0.25, 0.3) is 0 Å². The van der Waals surface area contributed by atoms with Crippen molar-refractivity contribution in [3.05, 3.63) is 38.9 Å². The molecule has 0 aliphatic heterocycles. The highest BCUT2D eigenvalue weighted by atomic mass is 35.5. The van der Waals surface area contributed by atoms with E-state index in [0.717, 1.165) is 0 Å². The Morgan fingerprint density at radius 1 is 1.50 bits per heavy atom. The summed E-state index contributed by atoms with van der Waals surface area (Å²) in [5.74, 6) is 0. The maximum absolute atomic E-state index is 10.6. The molecule has 1 unspecified atom stereocenters. The standard InChI is InChI=1S/C10H12ClNO4/c11-8-4-3-7(6-9(8)12(15)16)10(14)2-1-5-13/h3-4,6,10,13-14H,1-2,5H2. The molecule has 0 aromatic heterocycles. The molecular formula is C10H12ClNO4. The van der Waals surface area contributed by atoms with Gasteiger partial charge in [0.25, 0.3) is 5.69 Å². The molecule has 0 bridgehead atoms. The van der Waals surface area contributed by atoms with Crippen LogP contribution in [0, 0.1) is 10.1 Å². The Kier molecular flexibility index (Phi) is 4.67. The summed E-state index contributed by atoms with van der Waals surface area (Å²) in [4.78, 5) is 10.0. The minimum atomic E-state index is -0.817. The molecule has 16 heavy (non-hydrogen) atoms. The van der Waals surface area contributed by atoms with Crippen molar-refractivity contribution in [1.29, 1.82) is 0 Å². The zero-order valence-corrected chi connectivity index (χ0v) is 9.22. The summed E-state index contributed by atoms with van der Waals surface area (Å²) in [6, 6.07) is 4.18. The molecule has 5 nitrogen and oxygen atoms in total. The lowest BCUT2D eigenvalue weighted by atomic mass is 10.0. The molecular weight excluding hydrogens is 234 g/mol. The van der Waals surface area contributed by atoms with Crippen LogP contribution in [0.3, 0.4) is 0 Å². The van der Waals surface area contributed by atoms with Crippen LogP contribution in [0.1, 0.15) is 24.5 Å². The van der Waals surface area contributed by atoms with E-state index in [1.807, 2.05) is 0 Å². The minimum Gasteiger partial charge on any atom is -0.396 e. The van der Waals surface area contributed by atoms with E-state index in [-0.39, 0.29) is 17.3 Å². The normalized spacial score (nSPS) is 12.4. The third kappa shape index (κ3) is 3.16. The number of hydrogen-bond acceptors (Lipinski definition) is 4.